The molecule has 0 saturated carbocycles. The van der Waals surface area contributed by atoms with Crippen LogP contribution >= 0.6 is 0 Å². The van der Waals surface area contributed by atoms with E-state index < -0.39 is 36.1 Å². The summed E-state index contributed by atoms with van der Waals surface area (Å²) in [6.45, 7) is 21.4. The van der Waals surface area contributed by atoms with E-state index in [4.69, 9.17) is 14.0 Å². The van der Waals surface area contributed by atoms with Gasteiger partial charge in [0.2, 0.25) is 11.9 Å². The Morgan fingerprint density at radius 1 is 1.16 bits per heavy atom. The van der Waals surface area contributed by atoms with Gasteiger partial charge in [0.15, 0.2) is 0 Å². The van der Waals surface area contributed by atoms with E-state index in [1.165, 1.54) is 0 Å². The minimum absolute atomic E-state index is 0.0975. The molecular formula is C27H46BN5O5. The highest BCUT2D eigenvalue weighted by Gasteiger charge is 2.52. The van der Waals surface area contributed by atoms with Gasteiger partial charge >= 0.3 is 13.2 Å². The first-order valence-corrected chi connectivity index (χ1v) is 13.7. The molecule has 212 valence electrons. The molecule has 0 radical (unpaired) electrons. The molecule has 3 rings (SSSR count). The van der Waals surface area contributed by atoms with Crippen LogP contribution in [0.5, 0.6) is 0 Å². The van der Waals surface area contributed by atoms with Gasteiger partial charge in [-0.15, -0.1) is 0 Å². The van der Waals surface area contributed by atoms with Gasteiger partial charge in [0, 0.05) is 43.5 Å². The van der Waals surface area contributed by atoms with Crippen molar-refractivity contribution in [3.63, 3.8) is 0 Å². The first kappa shape index (κ1) is 30.2. The second kappa shape index (κ2) is 11.4. The molecule has 1 aromatic rings. The summed E-state index contributed by atoms with van der Waals surface area (Å²) >= 11 is 0. The molecule has 0 aliphatic carbocycles. The maximum Gasteiger partial charge on any atom is 0.498 e. The fourth-order valence-corrected chi connectivity index (χ4v) is 4.62. The highest BCUT2D eigenvalue weighted by atomic mass is 16.7. The second-order valence-electron chi connectivity index (χ2n) is 12.8. The summed E-state index contributed by atoms with van der Waals surface area (Å²) in [5.74, 6) is 0.804. The van der Waals surface area contributed by atoms with Crippen LogP contribution in [-0.2, 0) is 18.8 Å². The average molecular weight is 532 g/mol. The minimum atomic E-state index is -0.657. The van der Waals surface area contributed by atoms with Crippen LogP contribution in [0.3, 0.4) is 0 Å². The van der Waals surface area contributed by atoms with Crippen molar-refractivity contribution in [2.45, 2.75) is 111 Å². The van der Waals surface area contributed by atoms with Crippen molar-refractivity contribution in [3.8, 4) is 0 Å². The van der Waals surface area contributed by atoms with Gasteiger partial charge in [0.1, 0.15) is 11.6 Å². The third kappa shape index (κ3) is 7.37. The maximum atomic E-state index is 13.1. The molecule has 3 heterocycles. The van der Waals surface area contributed by atoms with Crippen molar-refractivity contribution in [1.82, 2.24) is 20.2 Å². The molecule has 1 aromatic heterocycles. The Morgan fingerprint density at radius 3 is 2.26 bits per heavy atom. The first-order valence-electron chi connectivity index (χ1n) is 13.7. The molecule has 2 fully saturated rings. The zero-order chi connectivity index (χ0) is 28.5. The first-order chi connectivity index (χ1) is 17.5. The number of hydrogen-bond donors (Lipinski definition) is 1. The molecule has 10 nitrogen and oxygen atoms in total. The normalized spacial score (nSPS) is 21.8. The number of likely N-dealkylation sites (tertiary alicyclic amines) is 1. The Bertz CT molecular complexity index is 963. The molecule has 38 heavy (non-hydrogen) atoms. The van der Waals surface area contributed by atoms with Crippen LogP contribution in [-0.4, -0.2) is 82.5 Å². The van der Waals surface area contributed by atoms with Crippen molar-refractivity contribution in [2.24, 2.45) is 5.92 Å². The summed E-state index contributed by atoms with van der Waals surface area (Å²) in [5.41, 5.74) is -0.680. The number of rotatable bonds is 7. The van der Waals surface area contributed by atoms with Gasteiger partial charge in [-0.1, -0.05) is 0 Å². The number of anilines is 1. The predicted octanol–water partition coefficient (Wildman–Crippen LogP) is 3.14. The lowest BCUT2D eigenvalue weighted by atomic mass is 9.81. The van der Waals surface area contributed by atoms with E-state index in [-0.39, 0.29) is 17.9 Å². The third-order valence-electron chi connectivity index (χ3n) is 7.45. The standard InChI is InChI=1S/C27H46BN5O5/c1-18(2)33(23-29-14-21(15-30-23)28-37-26(7,8)27(9,10)38-28)17-20-12-11-13-32(16-20)22(34)19(3)31-24(35)36-25(4,5)6/h14-15,18-20H,11-13,16-17H2,1-10H3,(H,31,35)/t19-,20+/m0/s1. The number of nitrogens with one attached hydrogen (secondary N) is 1. The van der Waals surface area contributed by atoms with Gasteiger partial charge in [-0.3, -0.25) is 4.79 Å². The molecular weight excluding hydrogens is 485 g/mol. The Morgan fingerprint density at radius 2 is 1.74 bits per heavy atom. The summed E-state index contributed by atoms with van der Waals surface area (Å²) in [7, 11) is -0.504. The number of aromatic nitrogens is 2. The minimum Gasteiger partial charge on any atom is -0.444 e. The van der Waals surface area contributed by atoms with Crippen molar-refractivity contribution in [1.29, 1.82) is 0 Å². The molecule has 2 aliphatic rings. The van der Waals surface area contributed by atoms with Crippen molar-refractivity contribution in [2.75, 3.05) is 24.5 Å². The van der Waals surface area contributed by atoms with E-state index in [1.54, 1.807) is 40.1 Å². The number of carbonyl (C=O) groups excluding carboxylic acids is 2. The van der Waals surface area contributed by atoms with Crippen LogP contribution in [0.15, 0.2) is 12.4 Å². The smallest absolute Gasteiger partial charge is 0.444 e. The van der Waals surface area contributed by atoms with Gasteiger partial charge in [0.05, 0.1) is 11.2 Å². The van der Waals surface area contributed by atoms with Crippen LogP contribution in [0.25, 0.3) is 0 Å². The second-order valence-corrected chi connectivity index (χ2v) is 12.8. The van der Waals surface area contributed by atoms with E-state index in [0.717, 1.165) is 24.8 Å². The van der Waals surface area contributed by atoms with Gasteiger partial charge in [0.25, 0.3) is 0 Å². The van der Waals surface area contributed by atoms with E-state index in [2.05, 4.69) is 34.0 Å². The van der Waals surface area contributed by atoms with Crippen LogP contribution in [0.1, 0.15) is 82.1 Å². The SMILES string of the molecule is CC(C)N(C[C@@H]1CCCN(C(=O)[C@H](C)NC(=O)OC(C)(C)C)C1)c1ncc(B2OC(C)(C)C(C)(C)O2)cn1. The third-order valence-corrected chi connectivity index (χ3v) is 7.45. The molecule has 0 bridgehead atoms. The van der Waals surface area contributed by atoms with Crippen molar-refractivity contribution < 1.29 is 23.6 Å². The number of amides is 2. The Kier molecular flexibility index (Phi) is 9.03. The number of piperidine rings is 1. The lowest BCUT2D eigenvalue weighted by molar-refractivity contribution is -0.134. The molecule has 0 unspecified atom stereocenters. The molecule has 2 saturated heterocycles. The van der Waals surface area contributed by atoms with Gasteiger partial charge in [-0.05, 0) is 88.0 Å². The molecule has 11 heteroatoms. The lowest BCUT2D eigenvalue weighted by Gasteiger charge is -2.38. The number of alkyl carbamates (subject to hydrolysis) is 1. The van der Waals surface area contributed by atoms with Gasteiger partial charge in [-0.25, -0.2) is 14.8 Å². The molecule has 0 spiro atoms. The number of nitrogens with zero attached hydrogens (tertiary/aromatic N) is 4. The molecule has 2 amide bonds. The Labute approximate surface area is 228 Å². The van der Waals surface area contributed by atoms with Crippen LogP contribution in [0.2, 0.25) is 0 Å². The summed E-state index contributed by atoms with van der Waals surface area (Å²) in [5, 5.41) is 2.67. The Balaban J connectivity index is 1.62. The fraction of sp³-hybridized carbons (Fsp3) is 0.778. The van der Waals surface area contributed by atoms with Crippen LogP contribution in [0, 0.1) is 5.92 Å². The summed E-state index contributed by atoms with van der Waals surface area (Å²) in [4.78, 5) is 38.6. The number of hydrogen-bond acceptors (Lipinski definition) is 8. The van der Waals surface area contributed by atoms with Gasteiger partial charge in [-0.2, -0.15) is 0 Å². The average Bonchev–Trinajstić information content (AvgIpc) is 3.02. The lowest BCUT2D eigenvalue weighted by Crippen LogP contribution is -2.52. The molecule has 2 atom stereocenters. The van der Waals surface area contributed by atoms with Crippen molar-refractivity contribution in [3.05, 3.63) is 12.4 Å². The monoisotopic (exact) mass is 531 g/mol. The van der Waals surface area contributed by atoms with E-state index in [1.807, 2.05) is 32.6 Å². The molecule has 1 N–H and O–H groups in total. The molecule has 0 aromatic carbocycles. The number of ether oxygens (including phenoxy) is 1. The highest BCUT2D eigenvalue weighted by Crippen LogP contribution is 2.36. The largest absolute Gasteiger partial charge is 0.498 e. The summed E-state index contributed by atoms with van der Waals surface area (Å²) < 4.78 is 17.6. The van der Waals surface area contributed by atoms with E-state index in [9.17, 15) is 9.59 Å². The van der Waals surface area contributed by atoms with E-state index in [0.29, 0.717) is 19.0 Å². The zero-order valence-electron chi connectivity index (χ0n) is 24.8. The Hall–Kier alpha value is -2.40. The van der Waals surface area contributed by atoms with E-state index >= 15 is 0 Å². The molecule has 2 aliphatic heterocycles. The quantitative estimate of drug-likeness (QED) is 0.535. The van der Waals surface area contributed by atoms with Gasteiger partial charge < -0.3 is 29.2 Å². The van der Waals surface area contributed by atoms with Crippen molar-refractivity contribution >= 4 is 30.5 Å². The summed E-state index contributed by atoms with van der Waals surface area (Å²) in [6.07, 6.45) is 4.89. The summed E-state index contributed by atoms with van der Waals surface area (Å²) in [6, 6.07) is -0.479. The zero-order valence-corrected chi connectivity index (χ0v) is 24.8. The maximum absolute atomic E-state index is 13.1. The topological polar surface area (TPSA) is 106 Å². The fourth-order valence-electron chi connectivity index (χ4n) is 4.62. The number of carbonyl (C=O) groups is 2. The highest BCUT2D eigenvalue weighted by molar-refractivity contribution is 6.61. The predicted molar refractivity (Wildman–Crippen MR) is 148 cm³/mol. The van der Waals surface area contributed by atoms with Crippen LogP contribution in [0.4, 0.5) is 10.7 Å². The van der Waals surface area contributed by atoms with Crippen LogP contribution < -0.4 is 15.7 Å².